The quantitative estimate of drug-likeness (QED) is 0.811. The van der Waals surface area contributed by atoms with Gasteiger partial charge in [-0.25, -0.2) is 0 Å². The monoisotopic (exact) mass is 210 g/mol. The lowest BCUT2D eigenvalue weighted by molar-refractivity contribution is 0.0315. The molecule has 0 amide bonds. The maximum Gasteiger partial charge on any atom is 0.0698 e. The molecule has 0 unspecified atom stereocenters. The van der Waals surface area contributed by atoms with Crippen LogP contribution in [0, 0.1) is 0 Å². The Hall–Kier alpha value is -0.830. The lowest BCUT2D eigenvalue weighted by atomic mass is 9.92. The summed E-state index contributed by atoms with van der Waals surface area (Å²) in [7, 11) is 0. The minimum Gasteiger partial charge on any atom is -0.390 e. The van der Waals surface area contributed by atoms with E-state index in [0.29, 0.717) is 12.5 Å². The van der Waals surface area contributed by atoms with E-state index in [9.17, 15) is 5.11 Å². The zero-order chi connectivity index (χ0) is 11.5. The van der Waals surface area contributed by atoms with Crippen LogP contribution in [-0.4, -0.2) is 20.5 Å². The Morgan fingerprint density at radius 3 is 2.40 bits per heavy atom. The predicted octanol–water partition coefficient (Wildman–Crippen LogP) is 2.56. The number of nitrogens with zero attached hydrogens (tertiary/aromatic N) is 2. The summed E-state index contributed by atoms with van der Waals surface area (Å²) in [6, 6.07) is 2.38. The molecule has 0 bridgehead atoms. The van der Waals surface area contributed by atoms with Gasteiger partial charge in [0.2, 0.25) is 0 Å². The van der Waals surface area contributed by atoms with Gasteiger partial charge >= 0.3 is 0 Å². The second-order valence-electron chi connectivity index (χ2n) is 4.49. The smallest absolute Gasteiger partial charge is 0.0698 e. The van der Waals surface area contributed by atoms with E-state index in [4.69, 9.17) is 0 Å². The summed E-state index contributed by atoms with van der Waals surface area (Å²) in [4.78, 5) is 0. The van der Waals surface area contributed by atoms with Gasteiger partial charge in [-0.05, 0) is 32.8 Å². The van der Waals surface area contributed by atoms with Crippen molar-refractivity contribution in [1.82, 2.24) is 9.78 Å². The molecular weight excluding hydrogens is 188 g/mol. The first-order valence-corrected chi connectivity index (χ1v) is 5.77. The van der Waals surface area contributed by atoms with Crippen LogP contribution in [0.1, 0.15) is 52.3 Å². The maximum atomic E-state index is 10.2. The molecule has 1 N–H and O–H groups in total. The standard InChI is InChI=1S/C12H22N2O/c1-5-12(15,6-2)9-11-7-8-14(13-11)10(3)4/h7-8,10,15H,5-6,9H2,1-4H3. The normalized spacial score (nSPS) is 12.4. The highest BCUT2D eigenvalue weighted by atomic mass is 16.3. The molecule has 0 aromatic carbocycles. The third-order valence-electron chi connectivity index (χ3n) is 3.02. The van der Waals surface area contributed by atoms with Gasteiger partial charge in [-0.3, -0.25) is 4.68 Å². The number of aliphatic hydroxyl groups is 1. The van der Waals surface area contributed by atoms with E-state index in [-0.39, 0.29) is 0 Å². The Balaban J connectivity index is 2.72. The molecule has 0 radical (unpaired) electrons. The van der Waals surface area contributed by atoms with Crippen molar-refractivity contribution in [2.75, 3.05) is 0 Å². The van der Waals surface area contributed by atoms with Crippen LogP contribution in [0.15, 0.2) is 12.3 Å². The number of rotatable bonds is 5. The summed E-state index contributed by atoms with van der Waals surface area (Å²) >= 11 is 0. The Kier molecular flexibility index (Phi) is 3.91. The van der Waals surface area contributed by atoms with Crippen LogP contribution in [0.2, 0.25) is 0 Å². The molecule has 1 heterocycles. The summed E-state index contributed by atoms with van der Waals surface area (Å²) in [5, 5.41) is 14.6. The highest BCUT2D eigenvalue weighted by Crippen LogP contribution is 2.20. The third kappa shape index (κ3) is 3.06. The van der Waals surface area contributed by atoms with Gasteiger partial charge in [-0.15, -0.1) is 0 Å². The summed E-state index contributed by atoms with van der Waals surface area (Å²) in [5.41, 5.74) is 0.394. The minimum absolute atomic E-state index is 0.384. The summed E-state index contributed by atoms with van der Waals surface area (Å²) in [5.74, 6) is 0. The predicted molar refractivity (Wildman–Crippen MR) is 61.8 cm³/mol. The Bertz CT molecular complexity index is 300. The van der Waals surface area contributed by atoms with Gasteiger partial charge < -0.3 is 5.11 Å². The van der Waals surface area contributed by atoms with E-state index in [0.717, 1.165) is 18.5 Å². The number of hydrogen-bond acceptors (Lipinski definition) is 2. The van der Waals surface area contributed by atoms with Crippen molar-refractivity contribution < 1.29 is 5.11 Å². The van der Waals surface area contributed by atoms with E-state index in [1.54, 1.807) is 0 Å². The fourth-order valence-electron chi connectivity index (χ4n) is 1.60. The second-order valence-corrected chi connectivity index (χ2v) is 4.49. The van der Waals surface area contributed by atoms with E-state index >= 15 is 0 Å². The molecular formula is C12H22N2O. The lowest BCUT2D eigenvalue weighted by Gasteiger charge is -2.23. The van der Waals surface area contributed by atoms with Crippen LogP contribution in [0.5, 0.6) is 0 Å². The molecule has 1 aromatic rings. The van der Waals surface area contributed by atoms with Crippen LogP contribution < -0.4 is 0 Å². The molecule has 86 valence electrons. The van der Waals surface area contributed by atoms with E-state index in [1.807, 2.05) is 30.8 Å². The molecule has 0 saturated heterocycles. The van der Waals surface area contributed by atoms with Crippen molar-refractivity contribution in [3.05, 3.63) is 18.0 Å². The molecule has 0 saturated carbocycles. The fraction of sp³-hybridized carbons (Fsp3) is 0.750. The SMILES string of the molecule is CCC(O)(CC)Cc1ccn(C(C)C)n1. The highest BCUT2D eigenvalue weighted by molar-refractivity contribution is 5.04. The zero-order valence-corrected chi connectivity index (χ0v) is 10.2. The van der Waals surface area contributed by atoms with Gasteiger partial charge in [0.05, 0.1) is 11.3 Å². The van der Waals surface area contributed by atoms with Crippen LogP contribution >= 0.6 is 0 Å². The average molecular weight is 210 g/mol. The molecule has 3 nitrogen and oxygen atoms in total. The average Bonchev–Trinajstić information content (AvgIpc) is 2.66. The van der Waals surface area contributed by atoms with Gasteiger partial charge in [-0.2, -0.15) is 5.10 Å². The zero-order valence-electron chi connectivity index (χ0n) is 10.2. The van der Waals surface area contributed by atoms with Gasteiger partial charge in [0, 0.05) is 18.7 Å². The first kappa shape index (κ1) is 12.2. The molecule has 3 heteroatoms. The van der Waals surface area contributed by atoms with Crippen LogP contribution in [0.25, 0.3) is 0 Å². The van der Waals surface area contributed by atoms with E-state index < -0.39 is 5.60 Å². The second kappa shape index (κ2) is 4.79. The Morgan fingerprint density at radius 1 is 1.40 bits per heavy atom. The van der Waals surface area contributed by atoms with Crippen molar-refractivity contribution in [3.8, 4) is 0 Å². The summed E-state index contributed by atoms with van der Waals surface area (Å²) in [6.45, 7) is 8.23. The molecule has 15 heavy (non-hydrogen) atoms. The molecule has 1 aromatic heterocycles. The third-order valence-corrected chi connectivity index (χ3v) is 3.02. The van der Waals surface area contributed by atoms with E-state index in [2.05, 4.69) is 18.9 Å². The summed E-state index contributed by atoms with van der Waals surface area (Å²) in [6.07, 6.45) is 4.18. The van der Waals surface area contributed by atoms with Crippen molar-refractivity contribution in [1.29, 1.82) is 0 Å². The van der Waals surface area contributed by atoms with Crippen LogP contribution in [0.3, 0.4) is 0 Å². The maximum absolute atomic E-state index is 10.2. The first-order chi connectivity index (χ1) is 7.00. The van der Waals surface area contributed by atoms with E-state index in [1.165, 1.54) is 0 Å². The highest BCUT2D eigenvalue weighted by Gasteiger charge is 2.23. The van der Waals surface area contributed by atoms with Gasteiger partial charge in [-0.1, -0.05) is 13.8 Å². The molecule has 0 atom stereocenters. The topological polar surface area (TPSA) is 38.0 Å². The molecule has 0 aliphatic carbocycles. The fourth-order valence-corrected chi connectivity index (χ4v) is 1.60. The number of hydrogen-bond donors (Lipinski definition) is 1. The minimum atomic E-state index is -0.587. The van der Waals surface area contributed by atoms with Gasteiger partial charge in [0.15, 0.2) is 0 Å². The van der Waals surface area contributed by atoms with Crippen LogP contribution in [0.4, 0.5) is 0 Å². The van der Waals surface area contributed by atoms with Gasteiger partial charge in [0.1, 0.15) is 0 Å². The molecule has 1 rings (SSSR count). The first-order valence-electron chi connectivity index (χ1n) is 5.77. The number of aromatic nitrogens is 2. The van der Waals surface area contributed by atoms with Crippen molar-refractivity contribution in [2.24, 2.45) is 0 Å². The van der Waals surface area contributed by atoms with Crippen molar-refractivity contribution in [2.45, 2.75) is 58.6 Å². The molecule has 0 fully saturated rings. The Morgan fingerprint density at radius 2 is 2.00 bits per heavy atom. The Labute approximate surface area is 92.1 Å². The van der Waals surface area contributed by atoms with Gasteiger partial charge in [0.25, 0.3) is 0 Å². The van der Waals surface area contributed by atoms with Crippen molar-refractivity contribution in [3.63, 3.8) is 0 Å². The van der Waals surface area contributed by atoms with Crippen LogP contribution in [-0.2, 0) is 6.42 Å². The molecule has 0 aliphatic heterocycles. The summed E-state index contributed by atoms with van der Waals surface area (Å²) < 4.78 is 1.93. The molecule has 0 aliphatic rings. The lowest BCUT2D eigenvalue weighted by Crippen LogP contribution is -2.29. The van der Waals surface area contributed by atoms with Crippen molar-refractivity contribution >= 4 is 0 Å². The largest absolute Gasteiger partial charge is 0.390 e. The molecule has 0 spiro atoms.